The molecule has 0 bridgehead atoms. The molecule has 0 spiro atoms. The Morgan fingerprint density at radius 2 is 2.00 bits per heavy atom. The lowest BCUT2D eigenvalue weighted by Crippen LogP contribution is -2.44. The van der Waals surface area contributed by atoms with E-state index in [-0.39, 0.29) is 23.8 Å². The van der Waals surface area contributed by atoms with Crippen molar-refractivity contribution in [3.05, 3.63) is 41.7 Å². The molecule has 0 radical (unpaired) electrons. The second-order valence-corrected chi connectivity index (χ2v) is 7.18. The third-order valence-electron chi connectivity index (χ3n) is 5.03. The van der Waals surface area contributed by atoms with Crippen molar-refractivity contribution < 1.29 is 27.4 Å². The average molecular weight is 430 g/mol. The fourth-order valence-corrected chi connectivity index (χ4v) is 3.03. The van der Waals surface area contributed by atoms with Crippen LogP contribution >= 0.6 is 0 Å². The molecule has 0 unspecified atom stereocenters. The van der Waals surface area contributed by atoms with Crippen LogP contribution in [0.3, 0.4) is 0 Å². The van der Waals surface area contributed by atoms with Gasteiger partial charge in [0.05, 0.1) is 11.2 Å². The molecule has 1 aromatic carbocycles. The van der Waals surface area contributed by atoms with Crippen LogP contribution in [-0.4, -0.2) is 32.8 Å². The van der Waals surface area contributed by atoms with Crippen molar-refractivity contribution >= 4 is 11.6 Å². The molecule has 0 fully saturated rings. The third-order valence-corrected chi connectivity index (χ3v) is 5.03. The van der Waals surface area contributed by atoms with Crippen LogP contribution < -0.4 is 14.8 Å². The first-order chi connectivity index (χ1) is 14.6. The molecular formula is C21H17F3N4O3. The standard InChI is InChI=1S/C21H17F3N4O3/c1-4-20(3,5-2)26-19(29)14-10-18-25-13(9-17(21(22,23)24)28(18)27-14)12-6-7-15-16(8-12)31-11-30-15/h1,6-10H,5,11H2,2-3H3,(H,26,29)/t20-/m1/s1. The number of benzene rings is 1. The highest BCUT2D eigenvalue weighted by Crippen LogP contribution is 2.37. The molecule has 10 heteroatoms. The molecule has 1 aliphatic heterocycles. The summed E-state index contributed by atoms with van der Waals surface area (Å²) in [5.74, 6) is 2.68. The van der Waals surface area contributed by atoms with E-state index in [9.17, 15) is 18.0 Å². The Balaban J connectivity index is 1.81. The van der Waals surface area contributed by atoms with Gasteiger partial charge in [0, 0.05) is 11.6 Å². The number of aromatic nitrogens is 3. The quantitative estimate of drug-likeness (QED) is 0.639. The zero-order chi connectivity index (χ0) is 22.4. The van der Waals surface area contributed by atoms with E-state index in [1.165, 1.54) is 6.07 Å². The van der Waals surface area contributed by atoms with E-state index in [1.807, 2.05) is 0 Å². The average Bonchev–Trinajstić information content (AvgIpc) is 3.38. The van der Waals surface area contributed by atoms with E-state index in [0.717, 1.165) is 6.07 Å². The van der Waals surface area contributed by atoms with Crippen molar-refractivity contribution in [2.24, 2.45) is 0 Å². The minimum absolute atomic E-state index is 0.0362. The third kappa shape index (κ3) is 3.74. The number of amides is 1. The van der Waals surface area contributed by atoms with E-state index in [1.54, 1.807) is 32.0 Å². The highest BCUT2D eigenvalue weighted by Gasteiger charge is 2.36. The zero-order valence-corrected chi connectivity index (χ0v) is 16.6. The predicted octanol–water partition coefficient (Wildman–Crippen LogP) is 3.68. The Hall–Kier alpha value is -3.74. The van der Waals surface area contributed by atoms with Crippen molar-refractivity contribution in [1.82, 2.24) is 19.9 Å². The van der Waals surface area contributed by atoms with Gasteiger partial charge in [-0.3, -0.25) is 4.79 Å². The summed E-state index contributed by atoms with van der Waals surface area (Å²) in [6.07, 6.45) is 1.15. The van der Waals surface area contributed by atoms with Crippen molar-refractivity contribution in [2.45, 2.75) is 32.0 Å². The van der Waals surface area contributed by atoms with Crippen LogP contribution in [0.4, 0.5) is 13.2 Å². The smallest absolute Gasteiger partial charge is 0.433 e. The first kappa shape index (κ1) is 20.5. The van der Waals surface area contributed by atoms with Crippen molar-refractivity contribution in [1.29, 1.82) is 0 Å². The van der Waals surface area contributed by atoms with Crippen LogP contribution in [0.2, 0.25) is 0 Å². The molecule has 1 amide bonds. The number of rotatable bonds is 4. The summed E-state index contributed by atoms with van der Waals surface area (Å²) in [4.78, 5) is 16.8. The summed E-state index contributed by atoms with van der Waals surface area (Å²) in [6.45, 7) is 3.46. The van der Waals surface area contributed by atoms with Gasteiger partial charge in [0.25, 0.3) is 5.91 Å². The van der Waals surface area contributed by atoms with E-state index < -0.39 is 23.3 Å². The molecule has 7 nitrogen and oxygen atoms in total. The Labute approximate surface area is 175 Å². The van der Waals surface area contributed by atoms with Gasteiger partial charge in [-0.1, -0.05) is 12.8 Å². The molecule has 3 heterocycles. The van der Waals surface area contributed by atoms with Crippen molar-refractivity contribution in [2.75, 3.05) is 6.79 Å². The molecule has 3 aromatic rings. The fraction of sp³-hybridized carbons (Fsp3) is 0.286. The van der Waals surface area contributed by atoms with Crippen LogP contribution in [0.1, 0.15) is 36.5 Å². The van der Waals surface area contributed by atoms with Crippen LogP contribution in [0.25, 0.3) is 16.9 Å². The van der Waals surface area contributed by atoms with Gasteiger partial charge in [-0.25, -0.2) is 9.50 Å². The number of terminal acetylenes is 1. The van der Waals surface area contributed by atoms with Gasteiger partial charge in [0.15, 0.2) is 28.5 Å². The number of fused-ring (bicyclic) bond motifs is 2. The lowest BCUT2D eigenvalue weighted by Gasteiger charge is -2.22. The number of alkyl halides is 3. The molecule has 1 aliphatic rings. The van der Waals surface area contributed by atoms with Crippen LogP contribution in [-0.2, 0) is 6.18 Å². The minimum atomic E-state index is -4.73. The zero-order valence-electron chi connectivity index (χ0n) is 16.6. The van der Waals surface area contributed by atoms with Gasteiger partial charge in [0.1, 0.15) is 0 Å². The van der Waals surface area contributed by atoms with Crippen LogP contribution in [0.15, 0.2) is 30.3 Å². The number of halogens is 3. The molecule has 0 aliphatic carbocycles. The molecule has 1 N–H and O–H groups in total. The summed E-state index contributed by atoms with van der Waals surface area (Å²) >= 11 is 0. The SMILES string of the molecule is C#C[C@](C)(CC)NC(=O)c1cc2nc(-c3ccc4c(c3)OCO4)cc(C(F)(F)F)n2n1. The summed E-state index contributed by atoms with van der Waals surface area (Å²) in [5, 5.41) is 6.45. The Morgan fingerprint density at radius 3 is 2.68 bits per heavy atom. The van der Waals surface area contributed by atoms with Gasteiger partial charge < -0.3 is 14.8 Å². The summed E-state index contributed by atoms with van der Waals surface area (Å²) in [7, 11) is 0. The molecular weight excluding hydrogens is 413 g/mol. The van der Waals surface area contributed by atoms with Crippen LogP contribution in [0.5, 0.6) is 11.5 Å². The second-order valence-electron chi connectivity index (χ2n) is 7.18. The summed E-state index contributed by atoms with van der Waals surface area (Å²) < 4.78 is 52.4. The molecule has 0 saturated heterocycles. The highest BCUT2D eigenvalue weighted by atomic mass is 19.4. The number of nitrogens with one attached hydrogen (secondary N) is 1. The second kappa shape index (κ2) is 7.19. The maximum Gasteiger partial charge on any atom is 0.433 e. The Morgan fingerprint density at radius 1 is 1.26 bits per heavy atom. The monoisotopic (exact) mass is 430 g/mol. The molecule has 1 atom stereocenters. The first-order valence-electron chi connectivity index (χ1n) is 9.32. The number of ether oxygens (including phenoxy) is 2. The lowest BCUT2D eigenvalue weighted by atomic mass is 10.0. The van der Waals surface area contributed by atoms with Gasteiger partial charge in [-0.05, 0) is 37.6 Å². The summed E-state index contributed by atoms with van der Waals surface area (Å²) in [6, 6.07) is 6.78. The number of carbonyl (C=O) groups is 1. The van der Waals surface area contributed by atoms with Crippen LogP contribution in [0, 0.1) is 12.3 Å². The first-order valence-corrected chi connectivity index (χ1v) is 9.32. The normalized spacial score (nSPS) is 14.8. The molecule has 2 aromatic heterocycles. The summed E-state index contributed by atoms with van der Waals surface area (Å²) in [5.41, 5.74) is -1.94. The highest BCUT2D eigenvalue weighted by molar-refractivity contribution is 5.94. The maximum atomic E-state index is 13.8. The van der Waals surface area contributed by atoms with Gasteiger partial charge in [0.2, 0.25) is 6.79 Å². The molecule has 160 valence electrons. The number of nitrogens with zero attached hydrogens (tertiary/aromatic N) is 3. The van der Waals surface area contributed by atoms with Gasteiger partial charge in [-0.2, -0.15) is 18.3 Å². The van der Waals surface area contributed by atoms with Gasteiger partial charge >= 0.3 is 6.18 Å². The fourth-order valence-electron chi connectivity index (χ4n) is 3.03. The van der Waals surface area contributed by atoms with Crippen molar-refractivity contribution in [3.63, 3.8) is 0 Å². The Kier molecular flexibility index (Phi) is 4.76. The van der Waals surface area contributed by atoms with Crippen molar-refractivity contribution in [3.8, 4) is 35.1 Å². The number of hydrogen-bond acceptors (Lipinski definition) is 5. The van der Waals surface area contributed by atoms with E-state index in [0.29, 0.717) is 28.0 Å². The molecule has 31 heavy (non-hydrogen) atoms. The largest absolute Gasteiger partial charge is 0.454 e. The molecule has 0 saturated carbocycles. The number of hydrogen-bond donors (Lipinski definition) is 1. The predicted molar refractivity (Wildman–Crippen MR) is 105 cm³/mol. The van der Waals surface area contributed by atoms with E-state index >= 15 is 0 Å². The molecule has 4 rings (SSSR count). The van der Waals surface area contributed by atoms with Gasteiger partial charge in [-0.15, -0.1) is 6.42 Å². The maximum absolute atomic E-state index is 13.8. The Bertz CT molecular complexity index is 1230. The topological polar surface area (TPSA) is 77.8 Å². The lowest BCUT2D eigenvalue weighted by molar-refractivity contribution is -0.142. The van der Waals surface area contributed by atoms with E-state index in [4.69, 9.17) is 15.9 Å². The van der Waals surface area contributed by atoms with E-state index in [2.05, 4.69) is 21.3 Å². The minimum Gasteiger partial charge on any atom is -0.454 e. The number of carbonyl (C=O) groups excluding carboxylic acids is 1.